The quantitative estimate of drug-likeness (QED) is 0.837. The Morgan fingerprint density at radius 3 is 2.68 bits per heavy atom. The van der Waals surface area contributed by atoms with Crippen molar-refractivity contribution < 1.29 is 19.4 Å². The van der Waals surface area contributed by atoms with Gasteiger partial charge >= 0.3 is 5.97 Å². The molecule has 1 atom stereocenters. The third kappa shape index (κ3) is 3.71. The standard InChI is InChI=1S/C16H20ClNO4/c1-3-22-15-11(5-4-6-13(15)17)9-14(19)18(12-7-8-12)10(2)16(20)21/h4-6,10,12H,3,7-9H2,1-2H3,(H,20,21). The molecule has 0 heterocycles. The average Bonchev–Trinajstić information content (AvgIpc) is 3.27. The number of carbonyl (C=O) groups excluding carboxylic acids is 1. The molecule has 0 bridgehead atoms. The zero-order chi connectivity index (χ0) is 16.3. The van der Waals surface area contributed by atoms with Crippen molar-refractivity contribution in [1.29, 1.82) is 0 Å². The van der Waals surface area contributed by atoms with Gasteiger partial charge in [-0.15, -0.1) is 0 Å². The van der Waals surface area contributed by atoms with Crippen LogP contribution in [0.15, 0.2) is 18.2 Å². The largest absolute Gasteiger partial charge is 0.492 e. The third-order valence-electron chi connectivity index (χ3n) is 3.68. The molecule has 5 nitrogen and oxygen atoms in total. The summed E-state index contributed by atoms with van der Waals surface area (Å²) in [5, 5.41) is 9.64. The van der Waals surface area contributed by atoms with Crippen molar-refractivity contribution in [1.82, 2.24) is 4.90 Å². The molecule has 6 heteroatoms. The molecule has 1 fully saturated rings. The predicted octanol–water partition coefficient (Wildman–Crippen LogP) is 2.75. The van der Waals surface area contributed by atoms with E-state index in [0.29, 0.717) is 22.9 Å². The second-order valence-electron chi connectivity index (χ2n) is 5.38. The highest BCUT2D eigenvalue weighted by Gasteiger charge is 2.38. The number of nitrogens with zero attached hydrogens (tertiary/aromatic N) is 1. The van der Waals surface area contributed by atoms with Crippen molar-refractivity contribution in [3.63, 3.8) is 0 Å². The Bertz CT molecular complexity index is 571. The maximum Gasteiger partial charge on any atom is 0.326 e. The molecule has 1 aromatic carbocycles. The molecule has 1 aliphatic carbocycles. The number of para-hydroxylation sites is 1. The van der Waals surface area contributed by atoms with Crippen LogP contribution in [0, 0.1) is 0 Å². The number of benzene rings is 1. The van der Waals surface area contributed by atoms with Crippen LogP contribution in [0.5, 0.6) is 5.75 Å². The van der Waals surface area contributed by atoms with E-state index in [9.17, 15) is 14.7 Å². The maximum atomic E-state index is 12.6. The van der Waals surface area contributed by atoms with Gasteiger partial charge in [0.05, 0.1) is 18.1 Å². The number of carboxylic acids is 1. The van der Waals surface area contributed by atoms with Gasteiger partial charge in [0.2, 0.25) is 5.91 Å². The van der Waals surface area contributed by atoms with Crippen molar-refractivity contribution in [2.75, 3.05) is 6.61 Å². The minimum absolute atomic E-state index is 0.0355. The van der Waals surface area contributed by atoms with Crippen molar-refractivity contribution >= 4 is 23.5 Å². The lowest BCUT2D eigenvalue weighted by atomic mass is 10.1. The van der Waals surface area contributed by atoms with E-state index >= 15 is 0 Å². The van der Waals surface area contributed by atoms with Gasteiger partial charge in [0.15, 0.2) is 0 Å². The molecule has 0 spiro atoms. The summed E-state index contributed by atoms with van der Waals surface area (Å²) < 4.78 is 5.51. The zero-order valence-corrected chi connectivity index (χ0v) is 13.5. The van der Waals surface area contributed by atoms with E-state index in [1.807, 2.05) is 6.92 Å². The summed E-state index contributed by atoms with van der Waals surface area (Å²) in [6.45, 7) is 3.83. The zero-order valence-electron chi connectivity index (χ0n) is 12.7. The molecule has 22 heavy (non-hydrogen) atoms. The topological polar surface area (TPSA) is 66.8 Å². The number of hydrogen-bond donors (Lipinski definition) is 1. The van der Waals surface area contributed by atoms with E-state index in [2.05, 4.69) is 0 Å². The SMILES string of the molecule is CCOc1c(Cl)cccc1CC(=O)N(C1CC1)C(C)C(=O)O. The van der Waals surface area contributed by atoms with Crippen LogP contribution in [0.3, 0.4) is 0 Å². The lowest BCUT2D eigenvalue weighted by Crippen LogP contribution is -2.45. The molecule has 0 aliphatic heterocycles. The predicted molar refractivity (Wildman–Crippen MR) is 83.3 cm³/mol. The van der Waals surface area contributed by atoms with Crippen LogP contribution in [0.1, 0.15) is 32.3 Å². The summed E-state index contributed by atoms with van der Waals surface area (Å²) in [6, 6.07) is 4.46. The number of carbonyl (C=O) groups is 2. The van der Waals surface area contributed by atoms with Gasteiger partial charge < -0.3 is 14.7 Å². The van der Waals surface area contributed by atoms with Crippen LogP contribution in [0.4, 0.5) is 0 Å². The molecule has 1 aromatic rings. The Balaban J connectivity index is 2.20. The monoisotopic (exact) mass is 325 g/mol. The Morgan fingerprint density at radius 1 is 1.45 bits per heavy atom. The molecule has 1 aliphatic rings. The van der Waals surface area contributed by atoms with Crippen LogP contribution in [-0.4, -0.2) is 40.6 Å². The molecule has 1 unspecified atom stereocenters. The van der Waals surface area contributed by atoms with Crippen LogP contribution in [-0.2, 0) is 16.0 Å². The van der Waals surface area contributed by atoms with Crippen molar-refractivity contribution in [3.05, 3.63) is 28.8 Å². The first-order valence-electron chi connectivity index (χ1n) is 7.39. The number of halogens is 1. The Hall–Kier alpha value is -1.75. The van der Waals surface area contributed by atoms with Crippen molar-refractivity contribution in [2.24, 2.45) is 0 Å². The minimum atomic E-state index is -0.989. The number of hydrogen-bond acceptors (Lipinski definition) is 3. The molecule has 1 amide bonds. The molecular weight excluding hydrogens is 306 g/mol. The Labute approximate surface area is 134 Å². The fourth-order valence-corrected chi connectivity index (χ4v) is 2.71. The molecule has 2 rings (SSSR count). The summed E-state index contributed by atoms with van der Waals surface area (Å²) in [6.07, 6.45) is 1.80. The second kappa shape index (κ2) is 7.01. The number of amides is 1. The van der Waals surface area contributed by atoms with E-state index in [4.69, 9.17) is 16.3 Å². The van der Waals surface area contributed by atoms with Crippen LogP contribution >= 0.6 is 11.6 Å². The summed E-state index contributed by atoms with van der Waals surface area (Å²) in [5.74, 6) is -0.698. The lowest BCUT2D eigenvalue weighted by molar-refractivity contribution is -0.149. The maximum absolute atomic E-state index is 12.6. The normalized spacial score (nSPS) is 15.2. The highest BCUT2D eigenvalue weighted by atomic mass is 35.5. The number of aliphatic carboxylic acids is 1. The van der Waals surface area contributed by atoms with Gasteiger partial charge in [0, 0.05) is 11.6 Å². The molecule has 0 radical (unpaired) electrons. The summed E-state index contributed by atoms with van der Waals surface area (Å²) in [5.41, 5.74) is 0.683. The lowest BCUT2D eigenvalue weighted by Gasteiger charge is -2.27. The average molecular weight is 326 g/mol. The van der Waals surface area contributed by atoms with E-state index < -0.39 is 12.0 Å². The Kier molecular flexibility index (Phi) is 5.29. The first-order valence-corrected chi connectivity index (χ1v) is 7.77. The first kappa shape index (κ1) is 16.6. The smallest absolute Gasteiger partial charge is 0.326 e. The summed E-state index contributed by atoms with van der Waals surface area (Å²) in [4.78, 5) is 25.3. The molecular formula is C16H20ClNO4. The molecule has 1 saturated carbocycles. The summed E-state index contributed by atoms with van der Waals surface area (Å²) in [7, 11) is 0. The van der Waals surface area contributed by atoms with Gasteiger partial charge in [0.25, 0.3) is 0 Å². The van der Waals surface area contributed by atoms with E-state index in [1.165, 1.54) is 4.90 Å². The van der Waals surface area contributed by atoms with Gasteiger partial charge in [-0.1, -0.05) is 23.7 Å². The first-order chi connectivity index (χ1) is 10.5. The number of rotatable bonds is 7. The number of carboxylic acid groups (broad SMARTS) is 1. The Morgan fingerprint density at radius 2 is 2.14 bits per heavy atom. The van der Waals surface area contributed by atoms with E-state index in [-0.39, 0.29) is 18.4 Å². The molecule has 0 aromatic heterocycles. The summed E-state index contributed by atoms with van der Waals surface area (Å²) >= 11 is 6.12. The molecule has 1 N–H and O–H groups in total. The highest BCUT2D eigenvalue weighted by Crippen LogP contribution is 2.32. The van der Waals surface area contributed by atoms with Crippen LogP contribution in [0.2, 0.25) is 5.02 Å². The van der Waals surface area contributed by atoms with Crippen LogP contribution in [0.25, 0.3) is 0 Å². The molecule has 0 saturated heterocycles. The second-order valence-corrected chi connectivity index (χ2v) is 5.79. The van der Waals surface area contributed by atoms with E-state index in [1.54, 1.807) is 25.1 Å². The highest BCUT2D eigenvalue weighted by molar-refractivity contribution is 6.32. The van der Waals surface area contributed by atoms with Gasteiger partial charge in [-0.2, -0.15) is 0 Å². The van der Waals surface area contributed by atoms with Crippen molar-refractivity contribution in [2.45, 2.75) is 45.2 Å². The third-order valence-corrected chi connectivity index (χ3v) is 3.98. The van der Waals surface area contributed by atoms with E-state index in [0.717, 1.165) is 12.8 Å². The molecule has 120 valence electrons. The van der Waals surface area contributed by atoms with Gasteiger partial charge in [0.1, 0.15) is 11.8 Å². The van der Waals surface area contributed by atoms with Crippen LogP contribution < -0.4 is 4.74 Å². The fraction of sp³-hybridized carbons (Fsp3) is 0.500. The van der Waals surface area contributed by atoms with Gasteiger partial charge in [-0.3, -0.25) is 4.79 Å². The minimum Gasteiger partial charge on any atom is -0.492 e. The fourth-order valence-electron chi connectivity index (χ4n) is 2.46. The van der Waals surface area contributed by atoms with Crippen molar-refractivity contribution in [3.8, 4) is 5.75 Å². The van der Waals surface area contributed by atoms with Gasteiger partial charge in [-0.25, -0.2) is 4.79 Å². The number of ether oxygens (including phenoxy) is 1. The van der Waals surface area contributed by atoms with Gasteiger partial charge in [-0.05, 0) is 32.8 Å².